The summed E-state index contributed by atoms with van der Waals surface area (Å²) in [5, 5.41) is 3.68. The van der Waals surface area contributed by atoms with Crippen LogP contribution in [-0.2, 0) is 0 Å². The Morgan fingerprint density at radius 3 is 2.83 bits per heavy atom. The molecule has 1 aromatic heterocycles. The minimum Gasteiger partial charge on any atom is -0.249 e. The lowest BCUT2D eigenvalue weighted by atomic mass is 9.92. The highest BCUT2D eigenvalue weighted by atomic mass is 32.2. The van der Waals surface area contributed by atoms with Crippen LogP contribution in [0.4, 0.5) is 0 Å². The van der Waals surface area contributed by atoms with Crippen LogP contribution in [0.3, 0.4) is 0 Å². The van der Waals surface area contributed by atoms with E-state index in [1.807, 2.05) is 25.3 Å². The van der Waals surface area contributed by atoms with E-state index in [9.17, 15) is 0 Å². The van der Waals surface area contributed by atoms with E-state index in [1.54, 1.807) is 11.8 Å². The summed E-state index contributed by atoms with van der Waals surface area (Å²) in [5.74, 6) is 0. The molecular formula is C22H17NS. The van der Waals surface area contributed by atoms with Gasteiger partial charge in [0.05, 0.1) is 0 Å². The number of aromatic nitrogens is 1. The predicted molar refractivity (Wildman–Crippen MR) is 104 cm³/mol. The van der Waals surface area contributed by atoms with Crippen LogP contribution in [0.2, 0.25) is 0 Å². The van der Waals surface area contributed by atoms with Gasteiger partial charge in [-0.3, -0.25) is 0 Å². The van der Waals surface area contributed by atoms with Gasteiger partial charge in [0.1, 0.15) is 5.03 Å². The lowest BCUT2D eigenvalue weighted by Crippen LogP contribution is -1.96. The first-order valence-corrected chi connectivity index (χ1v) is 8.80. The highest BCUT2D eigenvalue weighted by Crippen LogP contribution is 2.48. The van der Waals surface area contributed by atoms with E-state index in [4.69, 9.17) is 0 Å². The fraction of sp³-hybridized carbons (Fsp3) is 0.0455. The van der Waals surface area contributed by atoms with E-state index in [1.165, 1.54) is 37.9 Å². The van der Waals surface area contributed by atoms with E-state index in [2.05, 4.69) is 66.2 Å². The van der Waals surface area contributed by atoms with Crippen LogP contribution in [0.15, 0.2) is 89.5 Å². The third-order valence-electron chi connectivity index (χ3n) is 4.23. The first-order valence-electron chi connectivity index (χ1n) is 7.98. The molecule has 0 unspecified atom stereocenters. The van der Waals surface area contributed by atoms with Crippen LogP contribution >= 0.6 is 11.8 Å². The van der Waals surface area contributed by atoms with Gasteiger partial charge in [0.15, 0.2) is 0 Å². The molecule has 0 spiro atoms. The van der Waals surface area contributed by atoms with Crippen LogP contribution in [0.5, 0.6) is 0 Å². The Labute approximate surface area is 146 Å². The average molecular weight is 327 g/mol. The Morgan fingerprint density at radius 2 is 2.00 bits per heavy atom. The van der Waals surface area contributed by atoms with E-state index < -0.39 is 0 Å². The molecule has 0 saturated carbocycles. The molecule has 0 radical (unpaired) electrons. The molecule has 1 aliphatic heterocycles. The molecule has 0 amide bonds. The van der Waals surface area contributed by atoms with Gasteiger partial charge in [-0.05, 0) is 41.1 Å². The molecule has 116 valence electrons. The van der Waals surface area contributed by atoms with Gasteiger partial charge in [-0.2, -0.15) is 0 Å². The fourth-order valence-corrected chi connectivity index (χ4v) is 4.34. The van der Waals surface area contributed by atoms with Crippen molar-refractivity contribution < 1.29 is 0 Å². The summed E-state index contributed by atoms with van der Waals surface area (Å²) in [4.78, 5) is 5.82. The zero-order valence-electron chi connectivity index (χ0n) is 13.5. The normalized spacial score (nSPS) is 13.3. The van der Waals surface area contributed by atoms with Crippen LogP contribution in [0.25, 0.3) is 27.5 Å². The maximum Gasteiger partial charge on any atom is 0.109 e. The van der Waals surface area contributed by atoms with Crippen molar-refractivity contribution in [3.8, 4) is 11.1 Å². The SMILES string of the molecule is C=C/C=C(\C=C/C)c1ccc2c3c(cccc13)Sc1ncccc1-2. The Bertz CT molecular complexity index is 1010. The summed E-state index contributed by atoms with van der Waals surface area (Å²) >= 11 is 1.75. The van der Waals surface area contributed by atoms with Gasteiger partial charge in [0.25, 0.3) is 0 Å². The van der Waals surface area contributed by atoms with Gasteiger partial charge in [0, 0.05) is 22.0 Å². The molecule has 0 saturated heterocycles. The summed E-state index contributed by atoms with van der Waals surface area (Å²) < 4.78 is 0. The second-order valence-corrected chi connectivity index (χ2v) is 6.69. The standard InChI is InChI=1S/C22H17NS/c1-3-7-15(8-4-2)16-12-13-18-19-10-6-14-23-22(19)24-20-11-5-9-17(16)21(18)20/h3-14H,1H2,2H3/b8-4-,15-7+. The van der Waals surface area contributed by atoms with Crippen molar-refractivity contribution >= 4 is 28.1 Å². The Morgan fingerprint density at radius 1 is 1.08 bits per heavy atom. The lowest BCUT2D eigenvalue weighted by Gasteiger charge is -2.21. The minimum absolute atomic E-state index is 1.08. The van der Waals surface area contributed by atoms with Crippen LogP contribution in [-0.4, -0.2) is 4.98 Å². The second-order valence-electron chi connectivity index (χ2n) is 5.66. The quantitative estimate of drug-likeness (QED) is 0.398. The van der Waals surface area contributed by atoms with Crippen LogP contribution in [0, 0.1) is 0 Å². The molecule has 24 heavy (non-hydrogen) atoms. The zero-order chi connectivity index (χ0) is 16.5. The number of hydrogen-bond donors (Lipinski definition) is 0. The van der Waals surface area contributed by atoms with Crippen molar-refractivity contribution in [2.24, 2.45) is 0 Å². The molecule has 0 aliphatic carbocycles. The Kier molecular flexibility index (Phi) is 3.83. The largest absolute Gasteiger partial charge is 0.249 e. The third kappa shape index (κ3) is 2.31. The van der Waals surface area contributed by atoms with E-state index >= 15 is 0 Å². The number of fused-ring (bicyclic) bond motifs is 2. The van der Waals surface area contributed by atoms with Crippen molar-refractivity contribution in [2.45, 2.75) is 16.8 Å². The highest BCUT2D eigenvalue weighted by Gasteiger charge is 2.21. The molecule has 1 aliphatic rings. The minimum atomic E-state index is 1.08. The van der Waals surface area contributed by atoms with Gasteiger partial charge in [-0.1, -0.05) is 73.0 Å². The molecule has 0 bridgehead atoms. The molecule has 0 atom stereocenters. The molecule has 2 aromatic carbocycles. The molecule has 4 rings (SSSR count). The summed E-state index contributed by atoms with van der Waals surface area (Å²) in [6.07, 6.45) is 9.98. The number of pyridine rings is 1. The fourth-order valence-electron chi connectivity index (χ4n) is 3.26. The molecule has 2 heteroatoms. The average Bonchev–Trinajstić information content (AvgIpc) is 2.62. The lowest BCUT2D eigenvalue weighted by molar-refractivity contribution is 1.13. The van der Waals surface area contributed by atoms with Crippen LogP contribution < -0.4 is 0 Å². The summed E-state index contributed by atoms with van der Waals surface area (Å²) in [6, 6.07) is 15.1. The Hall–Kier alpha value is -2.58. The molecule has 1 nitrogen and oxygen atoms in total. The van der Waals surface area contributed by atoms with Crippen molar-refractivity contribution in [3.05, 3.63) is 85.1 Å². The van der Waals surface area contributed by atoms with Gasteiger partial charge >= 0.3 is 0 Å². The van der Waals surface area contributed by atoms with Gasteiger partial charge in [-0.25, -0.2) is 4.98 Å². The van der Waals surface area contributed by atoms with Crippen molar-refractivity contribution in [3.63, 3.8) is 0 Å². The molecule has 3 aromatic rings. The third-order valence-corrected chi connectivity index (χ3v) is 5.30. The summed E-state index contributed by atoms with van der Waals surface area (Å²) in [5.41, 5.74) is 4.90. The maximum absolute atomic E-state index is 4.55. The highest BCUT2D eigenvalue weighted by molar-refractivity contribution is 7.99. The first-order chi connectivity index (χ1) is 11.8. The molecule has 0 fully saturated rings. The zero-order valence-corrected chi connectivity index (χ0v) is 14.3. The van der Waals surface area contributed by atoms with E-state index in [0.717, 1.165) is 5.03 Å². The van der Waals surface area contributed by atoms with Crippen LogP contribution in [0.1, 0.15) is 12.5 Å². The number of hydrogen-bond acceptors (Lipinski definition) is 2. The number of allylic oxidation sites excluding steroid dienone is 5. The predicted octanol–water partition coefficient (Wildman–Crippen LogP) is 6.51. The second kappa shape index (κ2) is 6.14. The number of benzene rings is 2. The first kappa shape index (κ1) is 15.0. The Balaban J connectivity index is 2.06. The van der Waals surface area contributed by atoms with Crippen molar-refractivity contribution in [1.29, 1.82) is 0 Å². The molecule has 0 N–H and O–H groups in total. The van der Waals surface area contributed by atoms with Crippen molar-refractivity contribution in [1.82, 2.24) is 4.98 Å². The maximum atomic E-state index is 4.55. The van der Waals surface area contributed by atoms with E-state index in [0.29, 0.717) is 0 Å². The molecular weight excluding hydrogens is 310 g/mol. The van der Waals surface area contributed by atoms with Gasteiger partial charge < -0.3 is 0 Å². The summed E-state index contributed by atoms with van der Waals surface area (Å²) in [6.45, 7) is 5.90. The smallest absolute Gasteiger partial charge is 0.109 e. The molecule has 2 heterocycles. The van der Waals surface area contributed by atoms with E-state index in [-0.39, 0.29) is 0 Å². The number of nitrogens with zero attached hydrogens (tertiary/aromatic N) is 1. The van der Waals surface area contributed by atoms with Crippen molar-refractivity contribution in [2.75, 3.05) is 0 Å². The number of rotatable bonds is 3. The van der Waals surface area contributed by atoms with Gasteiger partial charge in [-0.15, -0.1) is 0 Å². The summed E-state index contributed by atoms with van der Waals surface area (Å²) in [7, 11) is 0. The van der Waals surface area contributed by atoms with Gasteiger partial charge in [0.2, 0.25) is 0 Å². The topological polar surface area (TPSA) is 12.9 Å². The monoisotopic (exact) mass is 327 g/mol.